The number of rotatable bonds is 3. The maximum absolute atomic E-state index is 10.6. The van der Waals surface area contributed by atoms with Crippen LogP contribution in [0.3, 0.4) is 0 Å². The van der Waals surface area contributed by atoms with Crippen LogP contribution in [0.1, 0.15) is 5.56 Å². The highest BCUT2D eigenvalue weighted by Crippen LogP contribution is 2.30. The van der Waals surface area contributed by atoms with E-state index in [1.807, 2.05) is 0 Å². The number of benzene rings is 2. The van der Waals surface area contributed by atoms with E-state index in [4.69, 9.17) is 0 Å². The Balaban J connectivity index is 2.18. The Labute approximate surface area is 123 Å². The van der Waals surface area contributed by atoms with E-state index < -0.39 is 0 Å². The summed E-state index contributed by atoms with van der Waals surface area (Å²) in [5.41, 5.74) is 1.36. The Bertz CT molecular complexity index is 584. The van der Waals surface area contributed by atoms with Gasteiger partial charge >= 0.3 is 0 Å². The molecule has 0 fully saturated rings. The van der Waals surface area contributed by atoms with Gasteiger partial charge in [-0.3, -0.25) is 10.1 Å². The van der Waals surface area contributed by atoms with Crippen molar-refractivity contribution in [3.05, 3.63) is 61.7 Å². The van der Waals surface area contributed by atoms with E-state index in [9.17, 15) is 10.1 Å². The minimum absolute atomic E-state index is 0.123. The summed E-state index contributed by atoms with van der Waals surface area (Å²) in [6.07, 6.45) is 0. The topological polar surface area (TPSA) is 43.1 Å². The second-order valence-corrected chi connectivity index (χ2v) is 6.07. The summed E-state index contributed by atoms with van der Waals surface area (Å²) in [6, 6.07) is 12.9. The number of hydrogen-bond acceptors (Lipinski definition) is 3. The molecule has 18 heavy (non-hydrogen) atoms. The van der Waals surface area contributed by atoms with Crippen LogP contribution in [0.15, 0.2) is 52.3 Å². The molecule has 0 N–H and O–H groups in total. The number of non-ortho nitro benzene ring substituents is 1. The summed E-state index contributed by atoms with van der Waals surface area (Å²) in [6.45, 7) is 2.07. The van der Waals surface area contributed by atoms with Gasteiger partial charge < -0.3 is 0 Å². The summed E-state index contributed by atoms with van der Waals surface area (Å²) in [5.74, 6) is 0. The van der Waals surface area contributed by atoms with Gasteiger partial charge in [0, 0.05) is 25.5 Å². The first-order valence-corrected chi connectivity index (χ1v) is 7.14. The predicted molar refractivity (Wildman–Crippen MR) is 81.1 cm³/mol. The predicted octanol–water partition coefficient (Wildman–Crippen LogP) is 4.66. The smallest absolute Gasteiger partial charge is 0.258 e. The van der Waals surface area contributed by atoms with Crippen molar-refractivity contribution in [1.82, 2.24) is 0 Å². The summed E-state index contributed by atoms with van der Waals surface area (Å²) in [5, 5.41) is 10.6. The second-order valence-electron chi connectivity index (χ2n) is 3.76. The van der Waals surface area contributed by atoms with Crippen LogP contribution in [0, 0.1) is 20.6 Å². The molecule has 0 atom stereocenters. The van der Waals surface area contributed by atoms with Gasteiger partial charge in [0.15, 0.2) is 0 Å². The molecule has 0 saturated heterocycles. The van der Waals surface area contributed by atoms with E-state index in [1.54, 1.807) is 23.9 Å². The maximum atomic E-state index is 10.6. The molecule has 0 radical (unpaired) electrons. The summed E-state index contributed by atoms with van der Waals surface area (Å²) < 4.78 is 1.24. The first-order chi connectivity index (χ1) is 8.56. The van der Waals surface area contributed by atoms with E-state index in [0.29, 0.717) is 0 Å². The number of nitrogens with zero attached hydrogens (tertiary/aromatic N) is 1. The molecule has 0 aliphatic carbocycles. The van der Waals surface area contributed by atoms with Crippen molar-refractivity contribution in [1.29, 1.82) is 0 Å². The number of aryl methyl sites for hydroxylation is 1. The highest BCUT2D eigenvalue weighted by molar-refractivity contribution is 14.1. The highest BCUT2D eigenvalue weighted by Gasteiger charge is 2.05. The van der Waals surface area contributed by atoms with Gasteiger partial charge in [-0.1, -0.05) is 11.8 Å². The van der Waals surface area contributed by atoms with E-state index >= 15 is 0 Å². The lowest BCUT2D eigenvalue weighted by Gasteiger charge is -2.04. The lowest BCUT2D eigenvalue weighted by Crippen LogP contribution is -1.86. The third-order valence-electron chi connectivity index (χ3n) is 2.41. The third kappa shape index (κ3) is 3.23. The third-order valence-corrected chi connectivity index (χ3v) is 4.62. The van der Waals surface area contributed by atoms with Gasteiger partial charge in [-0.25, -0.2) is 0 Å². The first kappa shape index (κ1) is 13.4. The fourth-order valence-electron chi connectivity index (χ4n) is 1.45. The van der Waals surface area contributed by atoms with Crippen molar-refractivity contribution >= 4 is 40.0 Å². The van der Waals surface area contributed by atoms with Crippen LogP contribution < -0.4 is 0 Å². The quantitative estimate of drug-likeness (QED) is 0.448. The van der Waals surface area contributed by atoms with Crippen LogP contribution in [0.2, 0.25) is 0 Å². The average molecular weight is 371 g/mol. The standard InChI is InChI=1S/C13H10INO2S/c1-9-8-12(6-7-13(9)14)18-11-4-2-10(3-5-11)15(16)17/h2-8H,1H3. The normalized spacial score (nSPS) is 10.3. The number of nitro benzene ring substituents is 1. The molecule has 0 amide bonds. The van der Waals surface area contributed by atoms with Crippen molar-refractivity contribution < 1.29 is 4.92 Å². The number of nitro groups is 1. The molecule has 0 spiro atoms. The van der Waals surface area contributed by atoms with Crippen LogP contribution in [-0.4, -0.2) is 4.92 Å². The van der Waals surface area contributed by atoms with Gasteiger partial charge in [0.1, 0.15) is 0 Å². The van der Waals surface area contributed by atoms with Crippen molar-refractivity contribution in [2.75, 3.05) is 0 Å². The molecule has 0 unspecified atom stereocenters. The molecule has 0 heterocycles. The minimum atomic E-state index is -0.385. The zero-order valence-corrected chi connectivity index (χ0v) is 12.6. The molecule has 0 bridgehead atoms. The molecule has 3 nitrogen and oxygen atoms in total. The highest BCUT2D eigenvalue weighted by atomic mass is 127. The Hall–Kier alpha value is -1.08. The van der Waals surface area contributed by atoms with E-state index in [-0.39, 0.29) is 10.6 Å². The summed E-state index contributed by atoms with van der Waals surface area (Å²) in [4.78, 5) is 12.3. The van der Waals surface area contributed by atoms with Gasteiger partial charge in [-0.05, 0) is 65.4 Å². The maximum Gasteiger partial charge on any atom is 0.269 e. The van der Waals surface area contributed by atoms with Crippen LogP contribution in [-0.2, 0) is 0 Å². The minimum Gasteiger partial charge on any atom is -0.258 e. The Morgan fingerprint density at radius 1 is 1.11 bits per heavy atom. The monoisotopic (exact) mass is 371 g/mol. The van der Waals surface area contributed by atoms with Crippen LogP contribution in [0.25, 0.3) is 0 Å². The molecule has 92 valence electrons. The fourth-order valence-corrected chi connectivity index (χ4v) is 2.70. The van der Waals surface area contributed by atoms with Gasteiger partial charge in [0.2, 0.25) is 0 Å². The van der Waals surface area contributed by atoms with E-state index in [1.165, 1.54) is 21.3 Å². The van der Waals surface area contributed by atoms with Gasteiger partial charge in [-0.15, -0.1) is 0 Å². The first-order valence-electron chi connectivity index (χ1n) is 5.25. The molecule has 2 aromatic carbocycles. The molecule has 0 aliphatic rings. The Morgan fingerprint density at radius 2 is 1.72 bits per heavy atom. The zero-order valence-electron chi connectivity index (χ0n) is 9.59. The molecule has 2 aromatic rings. The largest absolute Gasteiger partial charge is 0.269 e. The molecular formula is C13H10INO2S. The molecule has 2 rings (SSSR count). The fraction of sp³-hybridized carbons (Fsp3) is 0.0769. The molecule has 0 aromatic heterocycles. The van der Waals surface area contributed by atoms with Crippen LogP contribution >= 0.6 is 34.4 Å². The second kappa shape index (κ2) is 5.71. The Morgan fingerprint density at radius 3 is 2.28 bits per heavy atom. The lowest BCUT2D eigenvalue weighted by molar-refractivity contribution is -0.384. The molecule has 5 heteroatoms. The van der Waals surface area contributed by atoms with Crippen LogP contribution in [0.4, 0.5) is 5.69 Å². The lowest BCUT2D eigenvalue weighted by atomic mass is 10.2. The summed E-state index contributed by atoms with van der Waals surface area (Å²) in [7, 11) is 0. The van der Waals surface area contributed by atoms with Gasteiger partial charge in [0.25, 0.3) is 5.69 Å². The summed E-state index contributed by atoms with van der Waals surface area (Å²) >= 11 is 3.90. The van der Waals surface area contributed by atoms with E-state index in [0.717, 1.165) is 9.79 Å². The van der Waals surface area contributed by atoms with E-state index in [2.05, 4.69) is 47.7 Å². The molecule has 0 aliphatic heterocycles. The number of hydrogen-bond donors (Lipinski definition) is 0. The van der Waals surface area contributed by atoms with Gasteiger partial charge in [0.05, 0.1) is 4.92 Å². The Kier molecular flexibility index (Phi) is 4.23. The van der Waals surface area contributed by atoms with Crippen molar-refractivity contribution in [2.24, 2.45) is 0 Å². The van der Waals surface area contributed by atoms with Crippen LogP contribution in [0.5, 0.6) is 0 Å². The van der Waals surface area contributed by atoms with Crippen molar-refractivity contribution in [3.63, 3.8) is 0 Å². The van der Waals surface area contributed by atoms with Gasteiger partial charge in [-0.2, -0.15) is 0 Å². The molecule has 0 saturated carbocycles. The zero-order chi connectivity index (χ0) is 13.1. The van der Waals surface area contributed by atoms with Crippen molar-refractivity contribution in [3.8, 4) is 0 Å². The SMILES string of the molecule is Cc1cc(Sc2ccc([N+](=O)[O-])cc2)ccc1I. The van der Waals surface area contributed by atoms with Crippen molar-refractivity contribution in [2.45, 2.75) is 16.7 Å². The number of halogens is 1. The molecular weight excluding hydrogens is 361 g/mol. The average Bonchev–Trinajstić information content (AvgIpc) is 2.34.